The predicted molar refractivity (Wildman–Crippen MR) is 135 cm³/mol. The van der Waals surface area contributed by atoms with Crippen LogP contribution in [0.3, 0.4) is 0 Å². The average molecular weight is 454 g/mol. The van der Waals surface area contributed by atoms with E-state index >= 15 is 0 Å². The van der Waals surface area contributed by atoms with Crippen LogP contribution in [0.5, 0.6) is 0 Å². The number of para-hydroxylation sites is 1. The number of nitrogens with zero attached hydrogens (tertiary/aromatic N) is 3. The van der Waals surface area contributed by atoms with E-state index in [1.54, 1.807) is 11.8 Å². The third-order valence-corrected chi connectivity index (χ3v) is 7.28. The summed E-state index contributed by atoms with van der Waals surface area (Å²) in [7, 11) is 0. The van der Waals surface area contributed by atoms with Crippen molar-refractivity contribution in [2.24, 2.45) is 0 Å². The van der Waals surface area contributed by atoms with Crippen LogP contribution in [0.1, 0.15) is 41.8 Å². The standard InChI is InChI=1S/C28H27N3OS/c1-20(2)22-13-15-23(16-14-22)27-25(18-31(29-27)24-11-7-4-8-12-24)28-30(26(32)19-33-28)17-21-9-5-3-6-10-21/h3-16,18,20,28H,17,19H2,1-2H3. The van der Waals surface area contributed by atoms with Crippen molar-refractivity contribution in [2.75, 3.05) is 5.75 Å². The fourth-order valence-corrected chi connectivity index (χ4v) is 5.38. The topological polar surface area (TPSA) is 38.1 Å². The van der Waals surface area contributed by atoms with E-state index in [2.05, 4.69) is 68.6 Å². The molecule has 1 atom stereocenters. The number of aromatic nitrogens is 2. The van der Waals surface area contributed by atoms with E-state index < -0.39 is 0 Å². The molecule has 1 fully saturated rings. The Morgan fingerprint density at radius 2 is 1.61 bits per heavy atom. The first kappa shape index (κ1) is 21.5. The van der Waals surface area contributed by atoms with Gasteiger partial charge in [0.05, 0.1) is 17.1 Å². The summed E-state index contributed by atoms with van der Waals surface area (Å²) < 4.78 is 1.94. The number of hydrogen-bond acceptors (Lipinski definition) is 3. The van der Waals surface area contributed by atoms with Crippen LogP contribution >= 0.6 is 11.8 Å². The van der Waals surface area contributed by atoms with Gasteiger partial charge in [-0.25, -0.2) is 4.68 Å². The smallest absolute Gasteiger partial charge is 0.234 e. The Morgan fingerprint density at radius 3 is 2.27 bits per heavy atom. The van der Waals surface area contributed by atoms with Crippen LogP contribution in [-0.4, -0.2) is 26.3 Å². The lowest BCUT2D eigenvalue weighted by Crippen LogP contribution is -2.27. The molecular weight excluding hydrogens is 426 g/mol. The quantitative estimate of drug-likeness (QED) is 0.337. The second-order valence-corrected chi connectivity index (χ2v) is 9.73. The Morgan fingerprint density at radius 1 is 0.939 bits per heavy atom. The Hall–Kier alpha value is -3.31. The van der Waals surface area contributed by atoms with Gasteiger partial charge in [-0.1, -0.05) is 86.6 Å². The van der Waals surface area contributed by atoms with Gasteiger partial charge in [0, 0.05) is 23.9 Å². The maximum Gasteiger partial charge on any atom is 0.234 e. The zero-order chi connectivity index (χ0) is 22.8. The summed E-state index contributed by atoms with van der Waals surface area (Å²) >= 11 is 1.68. The van der Waals surface area contributed by atoms with E-state index in [4.69, 9.17) is 5.10 Å². The highest BCUT2D eigenvalue weighted by Crippen LogP contribution is 2.43. The summed E-state index contributed by atoms with van der Waals surface area (Å²) in [4.78, 5) is 14.9. The van der Waals surface area contributed by atoms with Crippen LogP contribution in [0.15, 0.2) is 91.1 Å². The van der Waals surface area contributed by atoms with Crippen molar-refractivity contribution in [1.29, 1.82) is 0 Å². The minimum atomic E-state index is -0.0741. The lowest BCUT2D eigenvalue weighted by molar-refractivity contribution is -0.128. The summed E-state index contributed by atoms with van der Waals surface area (Å²) in [6.45, 7) is 5.00. The molecule has 33 heavy (non-hydrogen) atoms. The van der Waals surface area contributed by atoms with Gasteiger partial charge in [-0.3, -0.25) is 4.79 Å². The van der Waals surface area contributed by atoms with Crippen molar-refractivity contribution < 1.29 is 4.79 Å². The molecule has 0 radical (unpaired) electrons. The third kappa shape index (κ3) is 4.46. The lowest BCUT2D eigenvalue weighted by atomic mass is 9.99. The minimum Gasteiger partial charge on any atom is -0.321 e. The molecule has 5 heteroatoms. The number of amides is 1. The zero-order valence-electron chi connectivity index (χ0n) is 18.9. The first-order chi connectivity index (χ1) is 16.1. The maximum absolute atomic E-state index is 12.9. The molecule has 1 aliphatic rings. The van der Waals surface area contributed by atoms with Crippen molar-refractivity contribution in [2.45, 2.75) is 31.7 Å². The van der Waals surface area contributed by atoms with E-state index in [1.807, 2.05) is 46.0 Å². The van der Waals surface area contributed by atoms with Crippen molar-refractivity contribution in [3.63, 3.8) is 0 Å². The van der Waals surface area contributed by atoms with Crippen LogP contribution < -0.4 is 0 Å². The first-order valence-electron chi connectivity index (χ1n) is 11.3. The number of benzene rings is 3. The van der Waals surface area contributed by atoms with E-state index in [9.17, 15) is 4.79 Å². The summed E-state index contributed by atoms with van der Waals surface area (Å²) in [5.74, 6) is 1.13. The van der Waals surface area contributed by atoms with E-state index in [0.29, 0.717) is 18.2 Å². The molecule has 0 spiro atoms. The molecule has 0 aliphatic carbocycles. The highest BCUT2D eigenvalue weighted by atomic mass is 32.2. The third-order valence-electron chi connectivity index (χ3n) is 6.04. The van der Waals surface area contributed by atoms with E-state index in [1.165, 1.54) is 5.56 Å². The summed E-state index contributed by atoms with van der Waals surface area (Å²) in [6, 6.07) is 29.0. The highest BCUT2D eigenvalue weighted by molar-refractivity contribution is 8.00. The molecule has 3 aromatic carbocycles. The Labute approximate surface area is 199 Å². The second kappa shape index (κ2) is 9.28. The number of carbonyl (C=O) groups excluding carboxylic acids is 1. The van der Waals surface area contributed by atoms with Crippen LogP contribution in [0.4, 0.5) is 0 Å². The van der Waals surface area contributed by atoms with Crippen molar-refractivity contribution in [3.05, 3.63) is 108 Å². The average Bonchev–Trinajstić information content (AvgIpc) is 3.44. The van der Waals surface area contributed by atoms with Gasteiger partial charge in [0.2, 0.25) is 5.91 Å². The zero-order valence-corrected chi connectivity index (χ0v) is 19.7. The van der Waals surface area contributed by atoms with Crippen LogP contribution in [0, 0.1) is 0 Å². The molecule has 1 amide bonds. The Kier molecular flexibility index (Phi) is 6.05. The minimum absolute atomic E-state index is 0.0741. The van der Waals surface area contributed by atoms with Crippen molar-refractivity contribution in [1.82, 2.24) is 14.7 Å². The van der Waals surface area contributed by atoms with Crippen LogP contribution in [0.25, 0.3) is 16.9 Å². The number of carbonyl (C=O) groups is 1. The molecule has 0 N–H and O–H groups in total. The van der Waals surface area contributed by atoms with Crippen LogP contribution in [0.2, 0.25) is 0 Å². The molecule has 0 bridgehead atoms. The number of thioether (sulfide) groups is 1. The highest BCUT2D eigenvalue weighted by Gasteiger charge is 2.35. The molecule has 0 saturated carbocycles. The van der Waals surface area contributed by atoms with Gasteiger partial charge >= 0.3 is 0 Å². The SMILES string of the molecule is CC(C)c1ccc(-c2nn(-c3ccccc3)cc2C2SCC(=O)N2Cc2ccccc2)cc1. The van der Waals surface area contributed by atoms with Gasteiger partial charge in [0.15, 0.2) is 0 Å². The first-order valence-corrected chi connectivity index (χ1v) is 12.4. The van der Waals surface area contributed by atoms with Gasteiger partial charge in [-0.15, -0.1) is 11.8 Å². The predicted octanol–water partition coefficient (Wildman–Crippen LogP) is 6.44. The molecule has 2 heterocycles. The lowest BCUT2D eigenvalue weighted by Gasteiger charge is -2.24. The molecule has 1 aromatic heterocycles. The molecule has 4 aromatic rings. The van der Waals surface area contributed by atoms with Gasteiger partial charge in [0.25, 0.3) is 0 Å². The maximum atomic E-state index is 12.9. The summed E-state index contributed by atoms with van der Waals surface area (Å²) in [5.41, 5.74) is 6.52. The molecule has 4 nitrogen and oxygen atoms in total. The summed E-state index contributed by atoms with van der Waals surface area (Å²) in [5, 5.41) is 4.93. The van der Waals surface area contributed by atoms with Gasteiger partial charge in [-0.05, 0) is 29.2 Å². The van der Waals surface area contributed by atoms with Gasteiger partial charge in [-0.2, -0.15) is 5.10 Å². The second-order valence-electron chi connectivity index (χ2n) is 8.66. The number of rotatable bonds is 6. The van der Waals surface area contributed by atoms with E-state index in [0.717, 1.165) is 28.1 Å². The van der Waals surface area contributed by atoms with Crippen molar-refractivity contribution >= 4 is 17.7 Å². The molecular formula is C28H27N3OS. The summed E-state index contributed by atoms with van der Waals surface area (Å²) in [6.07, 6.45) is 2.09. The van der Waals surface area contributed by atoms with Crippen LogP contribution in [-0.2, 0) is 11.3 Å². The van der Waals surface area contributed by atoms with E-state index in [-0.39, 0.29) is 11.3 Å². The largest absolute Gasteiger partial charge is 0.321 e. The van der Waals surface area contributed by atoms with Crippen molar-refractivity contribution in [3.8, 4) is 16.9 Å². The number of hydrogen-bond donors (Lipinski definition) is 0. The molecule has 1 unspecified atom stereocenters. The fraction of sp³-hybridized carbons (Fsp3) is 0.214. The van der Waals surface area contributed by atoms with Gasteiger partial charge < -0.3 is 4.90 Å². The molecule has 1 aliphatic heterocycles. The van der Waals surface area contributed by atoms with Gasteiger partial charge in [0.1, 0.15) is 5.37 Å². The molecule has 1 saturated heterocycles. The fourth-order valence-electron chi connectivity index (χ4n) is 4.19. The molecule has 5 rings (SSSR count). The monoisotopic (exact) mass is 453 g/mol. The molecule has 166 valence electrons. The Bertz CT molecular complexity index is 1230. The normalized spacial score (nSPS) is 16.0. The Balaban J connectivity index is 1.57.